The van der Waals surface area contributed by atoms with Crippen molar-refractivity contribution in [1.29, 1.82) is 0 Å². The van der Waals surface area contributed by atoms with Crippen LogP contribution in [0.1, 0.15) is 19.7 Å². The first-order valence-electron chi connectivity index (χ1n) is 5.34. The normalized spacial score (nSPS) is 9.87. The highest BCUT2D eigenvalue weighted by molar-refractivity contribution is 5.75. The molecule has 1 aromatic carbocycles. The maximum atomic E-state index is 8.82. The van der Waals surface area contributed by atoms with Crippen LogP contribution in [-0.2, 0) is 13.5 Å². The van der Waals surface area contributed by atoms with E-state index in [0.29, 0.717) is 6.42 Å². The Hall–Kier alpha value is -1.35. The van der Waals surface area contributed by atoms with Crippen LogP contribution in [0.3, 0.4) is 0 Å². The maximum absolute atomic E-state index is 8.82. The number of nitrogens with zero attached hydrogens (tertiary/aromatic N) is 2. The van der Waals surface area contributed by atoms with Crippen molar-refractivity contribution >= 4 is 11.0 Å². The minimum absolute atomic E-state index is 0.150. The molecule has 0 aliphatic rings. The summed E-state index contributed by atoms with van der Waals surface area (Å²) in [5.74, 6) is 0.934. The predicted octanol–water partition coefficient (Wildman–Crippen LogP) is 2.13. The number of fused-ring (bicyclic) bond motifs is 1. The van der Waals surface area contributed by atoms with Crippen molar-refractivity contribution in [3.63, 3.8) is 0 Å². The molecule has 1 N–H and O–H groups in total. The summed E-state index contributed by atoms with van der Waals surface area (Å²) in [6.07, 6.45) is 0.616. The number of imidazole rings is 1. The first-order valence-corrected chi connectivity index (χ1v) is 5.34. The van der Waals surface area contributed by atoms with Gasteiger partial charge in [0.15, 0.2) is 0 Å². The summed E-state index contributed by atoms with van der Waals surface area (Å²) < 4.78 is 2.02. The molecule has 3 nitrogen and oxygen atoms in total. The van der Waals surface area contributed by atoms with E-state index >= 15 is 0 Å². The van der Waals surface area contributed by atoms with Gasteiger partial charge in [-0.15, -0.1) is 0 Å². The predicted molar refractivity (Wildman–Crippen MR) is 62.9 cm³/mol. The lowest BCUT2D eigenvalue weighted by atomic mass is 10.3. The van der Waals surface area contributed by atoms with E-state index in [1.807, 2.05) is 49.7 Å². The standard InChI is InChI=1S/C10H12N2O.C2H6/c1-12-9-5-3-2-4-8(9)11-10(12)6-7-13;1-2/h2-5,13H,6-7H2,1H3;1-2H3. The van der Waals surface area contributed by atoms with Crippen molar-refractivity contribution < 1.29 is 5.11 Å². The summed E-state index contributed by atoms with van der Waals surface area (Å²) in [6.45, 7) is 4.15. The molecule has 0 spiro atoms. The monoisotopic (exact) mass is 206 g/mol. The number of rotatable bonds is 2. The van der Waals surface area contributed by atoms with E-state index in [1.54, 1.807) is 0 Å². The largest absolute Gasteiger partial charge is 0.396 e. The average molecular weight is 206 g/mol. The van der Waals surface area contributed by atoms with E-state index in [2.05, 4.69) is 4.98 Å². The van der Waals surface area contributed by atoms with Crippen molar-refractivity contribution in [3.8, 4) is 0 Å². The quantitative estimate of drug-likeness (QED) is 0.817. The fourth-order valence-corrected chi connectivity index (χ4v) is 1.52. The molecule has 1 aromatic heterocycles. The summed E-state index contributed by atoms with van der Waals surface area (Å²) in [5, 5.41) is 8.82. The molecule has 0 fully saturated rings. The number of hydrogen-bond donors (Lipinski definition) is 1. The molecule has 0 amide bonds. The fraction of sp³-hybridized carbons (Fsp3) is 0.417. The molecule has 1 heterocycles. The Morgan fingerprint density at radius 1 is 1.27 bits per heavy atom. The first-order chi connectivity index (χ1) is 7.33. The van der Waals surface area contributed by atoms with Crippen molar-refractivity contribution in [1.82, 2.24) is 9.55 Å². The number of hydrogen-bond acceptors (Lipinski definition) is 2. The number of benzene rings is 1. The Labute approximate surface area is 90.4 Å². The minimum atomic E-state index is 0.150. The molecule has 0 bridgehead atoms. The molecule has 15 heavy (non-hydrogen) atoms. The Balaban J connectivity index is 0.000000531. The topological polar surface area (TPSA) is 38.0 Å². The molecule has 82 valence electrons. The SMILES string of the molecule is CC.Cn1c(CCO)nc2ccccc21. The van der Waals surface area contributed by atoms with E-state index in [-0.39, 0.29) is 6.61 Å². The van der Waals surface area contributed by atoms with Crippen LogP contribution in [0.5, 0.6) is 0 Å². The van der Waals surface area contributed by atoms with Crippen molar-refractivity contribution in [2.24, 2.45) is 7.05 Å². The Morgan fingerprint density at radius 3 is 2.53 bits per heavy atom. The van der Waals surface area contributed by atoms with Crippen molar-refractivity contribution in [2.45, 2.75) is 20.3 Å². The summed E-state index contributed by atoms with van der Waals surface area (Å²) in [4.78, 5) is 4.40. The summed E-state index contributed by atoms with van der Waals surface area (Å²) in [5.41, 5.74) is 2.11. The van der Waals surface area contributed by atoms with Crippen molar-refractivity contribution in [3.05, 3.63) is 30.1 Å². The van der Waals surface area contributed by atoms with E-state index in [1.165, 1.54) is 0 Å². The second-order valence-corrected chi connectivity index (χ2v) is 3.05. The van der Waals surface area contributed by atoms with E-state index < -0.39 is 0 Å². The third kappa shape index (κ3) is 2.36. The molecule has 0 saturated carbocycles. The highest BCUT2D eigenvalue weighted by Gasteiger charge is 2.04. The maximum Gasteiger partial charge on any atom is 0.111 e. The van der Waals surface area contributed by atoms with Gasteiger partial charge in [-0.3, -0.25) is 0 Å². The average Bonchev–Trinajstić information content (AvgIpc) is 2.60. The molecule has 0 saturated heterocycles. The van der Waals surface area contributed by atoms with Crippen LogP contribution >= 0.6 is 0 Å². The molecule has 3 heteroatoms. The van der Waals surface area contributed by atoms with Gasteiger partial charge in [0.25, 0.3) is 0 Å². The Morgan fingerprint density at radius 2 is 1.93 bits per heavy atom. The van der Waals surface area contributed by atoms with E-state index in [9.17, 15) is 0 Å². The van der Waals surface area contributed by atoms with Gasteiger partial charge in [-0.25, -0.2) is 4.98 Å². The highest BCUT2D eigenvalue weighted by Crippen LogP contribution is 2.13. The molecule has 0 radical (unpaired) electrons. The van der Waals surface area contributed by atoms with Gasteiger partial charge in [0.2, 0.25) is 0 Å². The zero-order chi connectivity index (χ0) is 11.3. The molecule has 0 unspecified atom stereocenters. The zero-order valence-electron chi connectivity index (χ0n) is 9.57. The molecule has 2 aromatic rings. The number of aromatic nitrogens is 2. The highest BCUT2D eigenvalue weighted by atomic mass is 16.3. The van der Waals surface area contributed by atoms with E-state index in [0.717, 1.165) is 16.9 Å². The third-order valence-electron chi connectivity index (χ3n) is 2.22. The summed E-state index contributed by atoms with van der Waals surface area (Å²) >= 11 is 0. The molecule has 2 rings (SSSR count). The second-order valence-electron chi connectivity index (χ2n) is 3.05. The van der Waals surface area contributed by atoms with Crippen LogP contribution in [0.2, 0.25) is 0 Å². The summed E-state index contributed by atoms with van der Waals surface area (Å²) in [7, 11) is 1.97. The van der Waals surface area contributed by atoms with Gasteiger partial charge in [-0.1, -0.05) is 26.0 Å². The summed E-state index contributed by atoms with van der Waals surface area (Å²) in [6, 6.07) is 7.98. The lowest BCUT2D eigenvalue weighted by molar-refractivity contribution is 0.295. The second kappa shape index (κ2) is 5.51. The van der Waals surface area contributed by atoms with Gasteiger partial charge in [-0.05, 0) is 12.1 Å². The van der Waals surface area contributed by atoms with Crippen LogP contribution in [0.4, 0.5) is 0 Å². The van der Waals surface area contributed by atoms with Crippen molar-refractivity contribution in [2.75, 3.05) is 6.61 Å². The lowest BCUT2D eigenvalue weighted by Gasteiger charge is -1.98. The van der Waals surface area contributed by atoms with Gasteiger partial charge in [-0.2, -0.15) is 0 Å². The zero-order valence-corrected chi connectivity index (χ0v) is 9.57. The van der Waals surface area contributed by atoms with Crippen LogP contribution in [0, 0.1) is 0 Å². The van der Waals surface area contributed by atoms with Gasteiger partial charge >= 0.3 is 0 Å². The van der Waals surface area contributed by atoms with E-state index in [4.69, 9.17) is 5.11 Å². The molecular formula is C12H18N2O. The fourth-order valence-electron chi connectivity index (χ4n) is 1.52. The van der Waals surface area contributed by atoms with Gasteiger partial charge in [0, 0.05) is 13.5 Å². The number of para-hydroxylation sites is 2. The van der Waals surface area contributed by atoms with Gasteiger partial charge < -0.3 is 9.67 Å². The van der Waals surface area contributed by atoms with Crippen LogP contribution in [-0.4, -0.2) is 21.3 Å². The number of aliphatic hydroxyl groups excluding tert-OH is 1. The first kappa shape index (κ1) is 11.7. The number of aliphatic hydroxyl groups is 1. The molecule has 0 atom stereocenters. The lowest BCUT2D eigenvalue weighted by Crippen LogP contribution is -2.00. The smallest absolute Gasteiger partial charge is 0.111 e. The minimum Gasteiger partial charge on any atom is -0.396 e. The third-order valence-corrected chi connectivity index (χ3v) is 2.22. The van der Waals surface area contributed by atoms with Gasteiger partial charge in [0.1, 0.15) is 5.82 Å². The van der Waals surface area contributed by atoms with Crippen LogP contribution < -0.4 is 0 Å². The molecule has 0 aliphatic carbocycles. The Bertz CT molecular complexity index is 420. The molecule has 0 aliphatic heterocycles. The van der Waals surface area contributed by atoms with Crippen LogP contribution in [0.25, 0.3) is 11.0 Å². The van der Waals surface area contributed by atoms with Crippen LogP contribution in [0.15, 0.2) is 24.3 Å². The Kier molecular flexibility index (Phi) is 4.31. The number of aryl methyl sites for hydroxylation is 1. The molecular weight excluding hydrogens is 188 g/mol. The van der Waals surface area contributed by atoms with Gasteiger partial charge in [0.05, 0.1) is 17.6 Å².